The van der Waals surface area contributed by atoms with E-state index in [1.807, 2.05) is 6.92 Å². The van der Waals surface area contributed by atoms with E-state index in [9.17, 15) is 14.9 Å². The van der Waals surface area contributed by atoms with Gasteiger partial charge in [-0.25, -0.2) is 0 Å². The zero-order chi connectivity index (χ0) is 19.4. The number of ether oxygens (including phenoxy) is 1. The smallest absolute Gasteiger partial charge is 0.308 e. The summed E-state index contributed by atoms with van der Waals surface area (Å²) >= 11 is 1.57. The van der Waals surface area contributed by atoms with Crippen molar-refractivity contribution < 1.29 is 14.3 Å². The Balaban J connectivity index is 1.64. The van der Waals surface area contributed by atoms with Gasteiger partial charge in [0.25, 0.3) is 0 Å². The van der Waals surface area contributed by atoms with E-state index >= 15 is 0 Å². The van der Waals surface area contributed by atoms with E-state index in [1.165, 1.54) is 18.4 Å². The lowest BCUT2D eigenvalue weighted by molar-refractivity contribution is -0.147. The lowest BCUT2D eigenvalue weighted by Gasteiger charge is -2.34. The third-order valence-corrected chi connectivity index (χ3v) is 6.97. The number of carbonyl (C=O) groups is 2. The van der Waals surface area contributed by atoms with Crippen molar-refractivity contribution in [2.45, 2.75) is 57.9 Å². The number of fused-ring (bicyclic) bond motifs is 1. The first-order chi connectivity index (χ1) is 13.0. The van der Waals surface area contributed by atoms with Crippen LogP contribution in [0.4, 0.5) is 5.00 Å². The second-order valence-electron chi connectivity index (χ2n) is 7.38. The Hall–Kier alpha value is -1.91. The van der Waals surface area contributed by atoms with Gasteiger partial charge in [-0.1, -0.05) is 6.42 Å². The van der Waals surface area contributed by atoms with Crippen molar-refractivity contribution in [2.75, 3.05) is 25.5 Å². The summed E-state index contributed by atoms with van der Waals surface area (Å²) in [6.45, 7) is 3.28. The van der Waals surface area contributed by atoms with Gasteiger partial charge in [-0.15, -0.1) is 11.3 Å². The van der Waals surface area contributed by atoms with Gasteiger partial charge in [-0.05, 0) is 64.1 Å². The molecule has 1 N–H and O–H groups in total. The maximum absolute atomic E-state index is 12.8. The van der Waals surface area contributed by atoms with Crippen LogP contribution in [0.2, 0.25) is 0 Å². The number of esters is 1. The van der Waals surface area contributed by atoms with Crippen molar-refractivity contribution in [3.63, 3.8) is 0 Å². The van der Waals surface area contributed by atoms with E-state index in [4.69, 9.17) is 4.74 Å². The number of carbonyl (C=O) groups excluding carboxylic acids is 2. The number of hydrogen-bond donors (Lipinski definition) is 1. The number of rotatable bonds is 4. The molecule has 7 heteroatoms. The van der Waals surface area contributed by atoms with Crippen LogP contribution >= 0.6 is 11.3 Å². The molecule has 2 aliphatic rings. The molecular formula is C20H27N3O3S. The molecular weight excluding hydrogens is 362 g/mol. The Kier molecular flexibility index (Phi) is 6.51. The zero-order valence-corrected chi connectivity index (χ0v) is 16.9. The molecule has 0 unspecified atom stereocenters. The van der Waals surface area contributed by atoms with Crippen molar-refractivity contribution in [1.82, 2.24) is 4.90 Å². The lowest BCUT2D eigenvalue weighted by atomic mass is 9.96. The van der Waals surface area contributed by atoms with E-state index in [0.29, 0.717) is 36.5 Å². The molecule has 1 fully saturated rings. The number of likely N-dealkylation sites (tertiary alicyclic amines) is 1. The van der Waals surface area contributed by atoms with E-state index in [1.54, 1.807) is 11.3 Å². The minimum Gasteiger partial charge on any atom is -0.469 e. The molecule has 6 nitrogen and oxygen atoms in total. The summed E-state index contributed by atoms with van der Waals surface area (Å²) in [6, 6.07) is 2.02. The molecule has 0 saturated carbocycles. The summed E-state index contributed by atoms with van der Waals surface area (Å²) in [5.74, 6) is -0.315. The number of hydrogen-bond acceptors (Lipinski definition) is 6. The summed E-state index contributed by atoms with van der Waals surface area (Å²) in [5, 5.41) is 13.3. The fourth-order valence-corrected chi connectivity index (χ4v) is 5.26. The van der Waals surface area contributed by atoms with Gasteiger partial charge >= 0.3 is 5.97 Å². The van der Waals surface area contributed by atoms with E-state index in [2.05, 4.69) is 16.3 Å². The van der Waals surface area contributed by atoms with Crippen molar-refractivity contribution in [2.24, 2.45) is 5.92 Å². The van der Waals surface area contributed by atoms with Crippen LogP contribution < -0.4 is 5.32 Å². The highest BCUT2D eigenvalue weighted by molar-refractivity contribution is 7.16. The predicted molar refractivity (Wildman–Crippen MR) is 105 cm³/mol. The summed E-state index contributed by atoms with van der Waals surface area (Å²) < 4.78 is 4.82. The average Bonchev–Trinajstić information content (AvgIpc) is 2.85. The largest absolute Gasteiger partial charge is 0.469 e. The molecule has 0 bridgehead atoms. The van der Waals surface area contributed by atoms with Crippen LogP contribution in [0, 0.1) is 17.2 Å². The third-order valence-electron chi connectivity index (χ3n) is 5.76. The average molecular weight is 390 g/mol. The summed E-state index contributed by atoms with van der Waals surface area (Å²) in [5.41, 5.74) is 1.80. The highest BCUT2D eigenvalue weighted by Crippen LogP contribution is 2.37. The molecule has 1 atom stereocenters. The maximum atomic E-state index is 12.8. The number of methoxy groups -OCH3 is 1. The van der Waals surface area contributed by atoms with Crippen LogP contribution in [0.25, 0.3) is 0 Å². The molecule has 0 aromatic carbocycles. The summed E-state index contributed by atoms with van der Waals surface area (Å²) in [6.07, 6.45) is 6.81. The normalized spacial score (nSPS) is 19.4. The Bertz CT molecular complexity index is 744. The minimum absolute atomic E-state index is 0.0698. The number of piperidine rings is 1. The van der Waals surface area contributed by atoms with Crippen LogP contribution in [-0.4, -0.2) is 43.0 Å². The molecule has 1 aliphatic heterocycles. The van der Waals surface area contributed by atoms with Crippen LogP contribution in [0.5, 0.6) is 0 Å². The van der Waals surface area contributed by atoms with E-state index in [0.717, 1.165) is 31.2 Å². The molecule has 146 valence electrons. The van der Waals surface area contributed by atoms with Gasteiger partial charge < -0.3 is 10.1 Å². The van der Waals surface area contributed by atoms with E-state index in [-0.39, 0.29) is 23.8 Å². The van der Waals surface area contributed by atoms with Crippen molar-refractivity contribution in [3.8, 4) is 6.07 Å². The summed E-state index contributed by atoms with van der Waals surface area (Å²) in [7, 11) is 1.42. The molecule has 2 heterocycles. The van der Waals surface area contributed by atoms with Crippen LogP contribution in [0.3, 0.4) is 0 Å². The highest BCUT2D eigenvalue weighted by atomic mass is 32.1. The first-order valence-electron chi connectivity index (χ1n) is 9.72. The molecule has 1 saturated heterocycles. The number of nitriles is 1. The van der Waals surface area contributed by atoms with Crippen LogP contribution in [0.1, 0.15) is 55.0 Å². The van der Waals surface area contributed by atoms with Gasteiger partial charge in [-0.2, -0.15) is 5.26 Å². The van der Waals surface area contributed by atoms with Crippen molar-refractivity contribution in [3.05, 3.63) is 16.0 Å². The number of nitrogens with one attached hydrogen (secondary N) is 1. The zero-order valence-electron chi connectivity index (χ0n) is 16.0. The van der Waals surface area contributed by atoms with Gasteiger partial charge in [-0.3, -0.25) is 14.5 Å². The van der Waals surface area contributed by atoms with Crippen molar-refractivity contribution >= 4 is 28.2 Å². The summed E-state index contributed by atoms with van der Waals surface area (Å²) in [4.78, 5) is 27.8. The number of amides is 1. The maximum Gasteiger partial charge on any atom is 0.308 e. The molecule has 27 heavy (non-hydrogen) atoms. The third kappa shape index (κ3) is 4.33. The Labute approximate surface area is 164 Å². The highest BCUT2D eigenvalue weighted by Gasteiger charge is 2.31. The first kappa shape index (κ1) is 19.8. The van der Waals surface area contributed by atoms with Gasteiger partial charge in [0.05, 0.1) is 24.6 Å². The van der Waals surface area contributed by atoms with Crippen LogP contribution in [0.15, 0.2) is 0 Å². The Morgan fingerprint density at radius 1 is 1.26 bits per heavy atom. The molecule has 0 radical (unpaired) electrons. The molecule has 3 rings (SSSR count). The second-order valence-corrected chi connectivity index (χ2v) is 8.48. The lowest BCUT2D eigenvalue weighted by Crippen LogP contribution is -2.47. The SMILES string of the molecule is COC(=O)C1CCN([C@H](C)C(=O)Nc2sc3c(c2C#N)CCCCC3)CC1. The molecule has 1 aromatic heterocycles. The van der Waals surface area contributed by atoms with E-state index < -0.39 is 0 Å². The monoisotopic (exact) mass is 389 g/mol. The van der Waals surface area contributed by atoms with Crippen LogP contribution in [-0.2, 0) is 27.2 Å². The first-order valence-corrected chi connectivity index (χ1v) is 10.5. The topological polar surface area (TPSA) is 82.4 Å². The standard InChI is InChI=1S/C20H27N3O3S/c1-13(23-10-8-14(9-11-23)20(25)26-2)18(24)22-19-16(12-21)15-6-4-3-5-7-17(15)27-19/h13-14H,3-11H2,1-2H3,(H,22,24)/t13-/m1/s1. The molecule has 1 aromatic rings. The minimum atomic E-state index is -0.294. The van der Waals surface area contributed by atoms with Crippen molar-refractivity contribution in [1.29, 1.82) is 5.26 Å². The Morgan fingerprint density at radius 3 is 2.63 bits per heavy atom. The van der Waals surface area contributed by atoms with Gasteiger partial charge in [0, 0.05) is 4.88 Å². The number of thiophene rings is 1. The molecule has 0 spiro atoms. The Morgan fingerprint density at radius 2 is 1.96 bits per heavy atom. The molecule has 1 amide bonds. The number of aryl methyl sites for hydroxylation is 1. The number of nitrogens with zero attached hydrogens (tertiary/aromatic N) is 2. The van der Waals surface area contributed by atoms with Gasteiger partial charge in [0.2, 0.25) is 5.91 Å². The van der Waals surface area contributed by atoms with Gasteiger partial charge in [0.15, 0.2) is 0 Å². The number of anilines is 1. The fraction of sp³-hybridized carbons (Fsp3) is 0.650. The quantitative estimate of drug-likeness (QED) is 0.632. The fourth-order valence-electron chi connectivity index (χ4n) is 4.02. The van der Waals surface area contributed by atoms with Gasteiger partial charge in [0.1, 0.15) is 11.1 Å². The second kappa shape index (κ2) is 8.85. The predicted octanol–water partition coefficient (Wildman–Crippen LogP) is 3.10. The molecule has 1 aliphatic carbocycles.